The van der Waals surface area contributed by atoms with Gasteiger partial charge in [-0.1, -0.05) is 0 Å². The van der Waals surface area contributed by atoms with E-state index in [9.17, 15) is 8.78 Å². The first kappa shape index (κ1) is 9.02. The molecule has 19 heavy (non-hydrogen) atoms. The third-order valence-electron chi connectivity index (χ3n) is 2.35. The molecule has 0 radical (unpaired) electrons. The number of thioether (sulfide) groups is 1. The highest BCUT2D eigenvalue weighted by Gasteiger charge is 2.12. The molecule has 0 spiro atoms. The van der Waals surface area contributed by atoms with Gasteiger partial charge in [0.05, 0.1) is 27.2 Å². The van der Waals surface area contributed by atoms with Gasteiger partial charge in [-0.15, -0.1) is 11.8 Å². The van der Waals surface area contributed by atoms with E-state index in [0.717, 1.165) is 11.8 Å². The maximum Gasteiger partial charge on any atom is 0.239 e. The maximum atomic E-state index is 12.3. The van der Waals surface area contributed by atoms with Crippen LogP contribution in [0.2, 0.25) is 0 Å². The molecule has 0 atom stereocenters. The van der Waals surface area contributed by atoms with Gasteiger partial charge < -0.3 is 15.2 Å². The Kier molecular flexibility index (Phi) is 3.90. The lowest BCUT2D eigenvalue weighted by molar-refractivity contribution is 0.145. The lowest BCUT2D eigenvalue weighted by Crippen LogP contribution is -2.05. The number of alkyl halides is 2. The van der Waals surface area contributed by atoms with Gasteiger partial charge in [0.2, 0.25) is 6.43 Å². The van der Waals surface area contributed by atoms with Crippen LogP contribution in [-0.2, 0) is 6.42 Å². The molecule has 1 rings (SSSR count). The Bertz CT molecular complexity index is 569. The summed E-state index contributed by atoms with van der Waals surface area (Å²) in [6.07, 6.45) is -2.68. The molecule has 0 aliphatic heterocycles. The molecule has 0 aliphatic carbocycles. The van der Waals surface area contributed by atoms with Crippen molar-refractivity contribution in [1.82, 2.24) is 0 Å². The quantitative estimate of drug-likeness (QED) is 0.749. The fourth-order valence-corrected chi connectivity index (χ4v) is 2.43. The summed E-state index contributed by atoms with van der Waals surface area (Å²) in [7, 11) is -5.47. The van der Waals surface area contributed by atoms with Gasteiger partial charge in [-0.25, -0.2) is 8.78 Å². The van der Waals surface area contributed by atoms with Crippen molar-refractivity contribution >= 4 is 11.8 Å². The average Bonchev–Trinajstić information content (AvgIpc) is 2.39. The Balaban J connectivity index is 3.23. The van der Waals surface area contributed by atoms with E-state index in [4.69, 9.17) is 23.4 Å². The van der Waals surface area contributed by atoms with Crippen molar-refractivity contribution in [3.8, 4) is 11.5 Å². The first-order valence-electron chi connectivity index (χ1n) is 8.57. The highest BCUT2D eigenvalue weighted by atomic mass is 32.2. The molecule has 0 aromatic heterocycles. The number of benzene rings is 1. The summed E-state index contributed by atoms with van der Waals surface area (Å²) in [6.45, 7) is 0.169. The van der Waals surface area contributed by atoms with Gasteiger partial charge in [-0.2, -0.15) is 0 Å². The van der Waals surface area contributed by atoms with Gasteiger partial charge in [-0.3, -0.25) is 0 Å². The van der Waals surface area contributed by atoms with Gasteiger partial charge in [0.25, 0.3) is 0 Å². The minimum atomic E-state index is -2.75. The SMILES string of the molecule is [2H]C([2H])([2H])Oc1cc(SCCC(F)F)c(OC([2H])([2H])[2H])cc1CCN. The van der Waals surface area contributed by atoms with Gasteiger partial charge in [0.15, 0.2) is 0 Å². The maximum absolute atomic E-state index is 12.3. The largest absolute Gasteiger partial charge is 0.496 e. The Morgan fingerprint density at radius 1 is 1.32 bits per heavy atom. The third-order valence-corrected chi connectivity index (χ3v) is 3.42. The van der Waals surface area contributed by atoms with Crippen molar-refractivity contribution in [2.75, 3.05) is 26.4 Å². The predicted molar refractivity (Wildman–Crippen MR) is 73.6 cm³/mol. The molecule has 1 aromatic rings. The molecule has 3 nitrogen and oxygen atoms in total. The Morgan fingerprint density at radius 2 is 2.05 bits per heavy atom. The number of rotatable bonds is 8. The zero-order chi connectivity index (χ0) is 19.3. The van der Waals surface area contributed by atoms with E-state index in [2.05, 4.69) is 0 Å². The molecule has 1 aromatic carbocycles. The molecule has 0 amide bonds. The highest BCUT2D eigenvalue weighted by molar-refractivity contribution is 7.99. The normalized spacial score (nSPS) is 16.8. The summed E-state index contributed by atoms with van der Waals surface area (Å²) in [4.78, 5) is 0.205. The number of nitrogens with two attached hydrogens (primary N) is 1. The summed E-state index contributed by atoms with van der Waals surface area (Å²) >= 11 is 0.933. The molecule has 0 aliphatic rings. The third kappa shape index (κ3) is 4.87. The fourth-order valence-electron chi connectivity index (χ4n) is 1.48. The number of methoxy groups -OCH3 is 2. The lowest BCUT2D eigenvalue weighted by atomic mass is 10.1. The molecule has 0 saturated heterocycles. The fraction of sp³-hybridized carbons (Fsp3) is 0.538. The van der Waals surface area contributed by atoms with Crippen molar-refractivity contribution in [3.63, 3.8) is 0 Å². The van der Waals surface area contributed by atoms with Crippen LogP contribution in [0.15, 0.2) is 17.0 Å². The Hall–Kier alpha value is -1.01. The van der Waals surface area contributed by atoms with E-state index in [1.807, 2.05) is 0 Å². The molecule has 6 heteroatoms. The molecule has 0 bridgehead atoms. The first-order valence-corrected chi connectivity index (χ1v) is 6.56. The van der Waals surface area contributed by atoms with Gasteiger partial charge in [0.1, 0.15) is 11.5 Å². The van der Waals surface area contributed by atoms with Crippen LogP contribution in [0.4, 0.5) is 8.78 Å². The molecule has 0 unspecified atom stereocenters. The number of ether oxygens (including phenoxy) is 2. The summed E-state index contributed by atoms with van der Waals surface area (Å²) in [5.41, 5.74) is 5.84. The minimum absolute atomic E-state index is 0.00152. The summed E-state index contributed by atoms with van der Waals surface area (Å²) in [6, 6.07) is 2.61. The Labute approximate surface area is 124 Å². The zero-order valence-corrected chi connectivity index (χ0v) is 10.9. The van der Waals surface area contributed by atoms with Crippen LogP contribution in [-0.4, -0.2) is 32.8 Å². The van der Waals surface area contributed by atoms with Crippen LogP contribution in [0.5, 0.6) is 11.5 Å². The lowest BCUT2D eigenvalue weighted by Gasteiger charge is -2.14. The number of hydrogen-bond acceptors (Lipinski definition) is 4. The second kappa shape index (κ2) is 8.22. The number of hydrogen-bond donors (Lipinski definition) is 1. The molecular weight excluding hydrogens is 272 g/mol. The molecule has 0 heterocycles. The van der Waals surface area contributed by atoms with E-state index in [1.165, 1.54) is 12.1 Å². The number of halogens is 2. The minimum Gasteiger partial charge on any atom is -0.496 e. The van der Waals surface area contributed by atoms with Crippen LogP contribution >= 0.6 is 11.8 Å². The Morgan fingerprint density at radius 3 is 2.68 bits per heavy atom. The van der Waals surface area contributed by atoms with Crippen molar-refractivity contribution in [2.24, 2.45) is 5.73 Å². The summed E-state index contributed by atoms with van der Waals surface area (Å²) < 4.78 is 77.8. The van der Waals surface area contributed by atoms with Crippen molar-refractivity contribution in [2.45, 2.75) is 24.2 Å². The van der Waals surface area contributed by atoms with Crippen molar-refractivity contribution < 1.29 is 26.5 Å². The van der Waals surface area contributed by atoms with Gasteiger partial charge in [-0.05, 0) is 30.7 Å². The van der Waals surface area contributed by atoms with Crippen LogP contribution in [0, 0.1) is 0 Å². The van der Waals surface area contributed by atoms with Crippen LogP contribution < -0.4 is 15.2 Å². The van der Waals surface area contributed by atoms with Crippen molar-refractivity contribution in [1.29, 1.82) is 0 Å². The van der Waals surface area contributed by atoms with E-state index < -0.39 is 26.9 Å². The van der Waals surface area contributed by atoms with E-state index in [-0.39, 0.29) is 35.1 Å². The highest BCUT2D eigenvalue weighted by Crippen LogP contribution is 2.36. The zero-order valence-electron chi connectivity index (χ0n) is 16.1. The van der Waals surface area contributed by atoms with Crippen molar-refractivity contribution in [3.05, 3.63) is 17.7 Å². The van der Waals surface area contributed by atoms with Crippen LogP contribution in [0.25, 0.3) is 0 Å². The summed E-state index contributed by atoms with van der Waals surface area (Å²) in [5.74, 6) is -0.0677. The summed E-state index contributed by atoms with van der Waals surface area (Å²) in [5, 5.41) is 0. The average molecular weight is 297 g/mol. The van der Waals surface area contributed by atoms with E-state index >= 15 is 0 Å². The predicted octanol–water partition coefficient (Wildman–Crippen LogP) is 2.95. The van der Waals surface area contributed by atoms with E-state index in [1.54, 1.807) is 0 Å². The van der Waals surface area contributed by atoms with Gasteiger partial charge in [0, 0.05) is 12.2 Å². The molecule has 0 fully saturated rings. The second-order valence-corrected chi connectivity index (χ2v) is 4.81. The molecule has 108 valence electrons. The second-order valence-electron chi connectivity index (χ2n) is 3.68. The first-order chi connectivity index (χ1) is 11.4. The van der Waals surface area contributed by atoms with Crippen LogP contribution in [0.3, 0.4) is 0 Å². The standard InChI is InChI=1S/C13H19F2NO2S/c1-17-10-8-12(19-6-4-13(14)15)11(18-2)7-9(10)3-5-16/h7-8,13H,3-6,16H2,1-2H3/i1D3,2D3. The molecular formula is C13H19F2NO2S. The smallest absolute Gasteiger partial charge is 0.239 e. The molecule has 0 saturated carbocycles. The topological polar surface area (TPSA) is 44.5 Å². The van der Waals surface area contributed by atoms with E-state index in [0.29, 0.717) is 5.56 Å². The van der Waals surface area contributed by atoms with Gasteiger partial charge >= 0.3 is 0 Å². The monoisotopic (exact) mass is 297 g/mol. The molecule has 2 N–H and O–H groups in total. The van der Waals surface area contributed by atoms with Crippen LogP contribution in [0.1, 0.15) is 20.2 Å².